The predicted octanol–water partition coefficient (Wildman–Crippen LogP) is 2.74. The fourth-order valence-electron chi connectivity index (χ4n) is 2.27. The summed E-state index contributed by atoms with van der Waals surface area (Å²) in [5, 5.41) is 10.2. The molecule has 0 aromatic carbocycles. The minimum Gasteiger partial charge on any atom is -0.387 e. The Morgan fingerprint density at radius 1 is 1.29 bits per heavy atom. The minimum absolute atomic E-state index is 0.452. The fourth-order valence-corrected chi connectivity index (χ4v) is 2.27. The topological polar surface area (TPSA) is 29.5 Å². The van der Waals surface area contributed by atoms with Crippen molar-refractivity contribution in [1.82, 2.24) is 0 Å². The highest BCUT2D eigenvalue weighted by Crippen LogP contribution is 2.32. The Labute approximate surface area is 87.7 Å². The highest BCUT2D eigenvalue weighted by atomic mass is 16.5. The number of ether oxygens (including phenoxy) is 1. The molecule has 1 aliphatic rings. The van der Waals surface area contributed by atoms with E-state index in [1.807, 2.05) is 6.92 Å². The van der Waals surface area contributed by atoms with Crippen LogP contribution < -0.4 is 0 Å². The van der Waals surface area contributed by atoms with Gasteiger partial charge in [0.25, 0.3) is 0 Å². The Kier molecular flexibility index (Phi) is 4.90. The van der Waals surface area contributed by atoms with Gasteiger partial charge in [-0.1, -0.05) is 26.2 Å². The lowest BCUT2D eigenvalue weighted by Crippen LogP contribution is -2.40. The van der Waals surface area contributed by atoms with Crippen LogP contribution in [0.4, 0.5) is 0 Å². The lowest BCUT2D eigenvalue weighted by Gasteiger charge is -2.35. The van der Waals surface area contributed by atoms with Crippen molar-refractivity contribution in [1.29, 1.82) is 0 Å². The van der Waals surface area contributed by atoms with Gasteiger partial charge in [0.2, 0.25) is 0 Å². The maximum absolute atomic E-state index is 10.2. The van der Waals surface area contributed by atoms with Gasteiger partial charge in [0.15, 0.2) is 0 Å². The van der Waals surface area contributed by atoms with Crippen LogP contribution in [0.15, 0.2) is 0 Å². The van der Waals surface area contributed by atoms with Crippen molar-refractivity contribution < 1.29 is 9.84 Å². The first kappa shape index (κ1) is 12.0. The standard InChI is InChI=1S/C12H24O2/c1-3-9-14-10-12(2,13)11-7-5-4-6-8-11/h11,13H,3-10H2,1-2H3. The van der Waals surface area contributed by atoms with Gasteiger partial charge in [0.1, 0.15) is 0 Å². The van der Waals surface area contributed by atoms with Crippen LogP contribution in [0.25, 0.3) is 0 Å². The lowest BCUT2D eigenvalue weighted by atomic mass is 9.78. The Hall–Kier alpha value is -0.0800. The molecule has 0 aromatic heterocycles. The zero-order chi connectivity index (χ0) is 10.4. The van der Waals surface area contributed by atoms with Crippen LogP contribution in [0.3, 0.4) is 0 Å². The van der Waals surface area contributed by atoms with Gasteiger partial charge in [-0.2, -0.15) is 0 Å². The molecule has 0 heterocycles. The van der Waals surface area contributed by atoms with E-state index >= 15 is 0 Å². The Morgan fingerprint density at radius 2 is 1.93 bits per heavy atom. The molecule has 0 saturated heterocycles. The molecule has 2 heteroatoms. The van der Waals surface area contributed by atoms with Gasteiger partial charge in [-0.3, -0.25) is 0 Å². The van der Waals surface area contributed by atoms with Crippen LogP contribution >= 0.6 is 0 Å². The molecule has 1 fully saturated rings. The summed E-state index contributed by atoms with van der Waals surface area (Å²) >= 11 is 0. The molecule has 0 spiro atoms. The minimum atomic E-state index is -0.602. The van der Waals surface area contributed by atoms with Crippen LogP contribution in [0.2, 0.25) is 0 Å². The van der Waals surface area contributed by atoms with Crippen molar-refractivity contribution in [3.63, 3.8) is 0 Å². The number of hydrogen-bond donors (Lipinski definition) is 1. The molecular weight excluding hydrogens is 176 g/mol. The lowest BCUT2D eigenvalue weighted by molar-refractivity contribution is -0.0808. The molecule has 0 amide bonds. The van der Waals surface area contributed by atoms with Crippen molar-refractivity contribution in [2.24, 2.45) is 5.92 Å². The van der Waals surface area contributed by atoms with Crippen molar-refractivity contribution in [3.05, 3.63) is 0 Å². The van der Waals surface area contributed by atoms with Crippen LogP contribution in [-0.4, -0.2) is 23.9 Å². The summed E-state index contributed by atoms with van der Waals surface area (Å²) in [6, 6.07) is 0. The number of hydrogen-bond acceptors (Lipinski definition) is 2. The van der Waals surface area contributed by atoms with Crippen LogP contribution in [0.5, 0.6) is 0 Å². The van der Waals surface area contributed by atoms with Gasteiger partial charge in [0, 0.05) is 6.61 Å². The maximum atomic E-state index is 10.2. The summed E-state index contributed by atoms with van der Waals surface area (Å²) in [5.74, 6) is 0.452. The van der Waals surface area contributed by atoms with E-state index in [-0.39, 0.29) is 0 Å². The fraction of sp³-hybridized carbons (Fsp3) is 1.00. The Bertz CT molecular complexity index is 148. The molecule has 0 bridgehead atoms. The average molecular weight is 200 g/mol. The second-order valence-corrected chi connectivity index (χ2v) is 4.74. The average Bonchev–Trinajstić information content (AvgIpc) is 2.19. The molecule has 84 valence electrons. The van der Waals surface area contributed by atoms with E-state index in [1.165, 1.54) is 32.1 Å². The summed E-state index contributed by atoms with van der Waals surface area (Å²) < 4.78 is 5.45. The smallest absolute Gasteiger partial charge is 0.0880 e. The summed E-state index contributed by atoms with van der Waals surface area (Å²) in [6.07, 6.45) is 7.25. The summed E-state index contributed by atoms with van der Waals surface area (Å²) in [7, 11) is 0. The number of rotatable bonds is 5. The molecule has 1 N–H and O–H groups in total. The van der Waals surface area contributed by atoms with E-state index in [0.29, 0.717) is 12.5 Å². The van der Waals surface area contributed by atoms with Crippen molar-refractivity contribution >= 4 is 0 Å². The van der Waals surface area contributed by atoms with E-state index < -0.39 is 5.60 Å². The van der Waals surface area contributed by atoms with E-state index in [0.717, 1.165) is 13.0 Å². The molecule has 14 heavy (non-hydrogen) atoms. The van der Waals surface area contributed by atoms with Crippen LogP contribution in [-0.2, 0) is 4.74 Å². The van der Waals surface area contributed by atoms with Crippen molar-refractivity contribution in [3.8, 4) is 0 Å². The van der Waals surface area contributed by atoms with Gasteiger partial charge in [0.05, 0.1) is 12.2 Å². The molecule has 1 unspecified atom stereocenters. The van der Waals surface area contributed by atoms with Crippen molar-refractivity contribution in [2.45, 2.75) is 58.0 Å². The first-order valence-electron chi connectivity index (χ1n) is 5.97. The molecular formula is C12H24O2. The van der Waals surface area contributed by atoms with Crippen LogP contribution in [0.1, 0.15) is 52.4 Å². The van der Waals surface area contributed by atoms with Crippen LogP contribution in [0, 0.1) is 5.92 Å². The van der Waals surface area contributed by atoms with E-state index in [9.17, 15) is 5.11 Å². The highest BCUT2D eigenvalue weighted by molar-refractivity contribution is 4.84. The van der Waals surface area contributed by atoms with Gasteiger partial charge >= 0.3 is 0 Å². The summed E-state index contributed by atoms with van der Waals surface area (Å²) in [6.45, 7) is 5.29. The molecule has 0 aromatic rings. The third-order valence-electron chi connectivity index (χ3n) is 3.23. The Morgan fingerprint density at radius 3 is 2.50 bits per heavy atom. The zero-order valence-electron chi connectivity index (χ0n) is 9.59. The van der Waals surface area contributed by atoms with Crippen molar-refractivity contribution in [2.75, 3.05) is 13.2 Å². The summed E-state index contributed by atoms with van der Waals surface area (Å²) in [4.78, 5) is 0. The molecule has 0 aliphatic heterocycles. The van der Waals surface area contributed by atoms with Gasteiger partial charge in [-0.15, -0.1) is 0 Å². The molecule has 1 rings (SSSR count). The third kappa shape index (κ3) is 3.58. The second-order valence-electron chi connectivity index (χ2n) is 4.74. The normalized spacial score (nSPS) is 23.4. The van der Waals surface area contributed by atoms with E-state index in [4.69, 9.17) is 4.74 Å². The summed E-state index contributed by atoms with van der Waals surface area (Å²) in [5.41, 5.74) is -0.602. The zero-order valence-corrected chi connectivity index (χ0v) is 9.59. The molecule has 1 aliphatic carbocycles. The largest absolute Gasteiger partial charge is 0.387 e. The molecule has 1 saturated carbocycles. The SMILES string of the molecule is CCCOCC(C)(O)C1CCCCC1. The predicted molar refractivity (Wildman–Crippen MR) is 58.3 cm³/mol. The second kappa shape index (κ2) is 5.72. The first-order chi connectivity index (χ1) is 6.67. The van der Waals surface area contributed by atoms with E-state index in [1.54, 1.807) is 0 Å². The molecule has 1 atom stereocenters. The highest BCUT2D eigenvalue weighted by Gasteiger charge is 2.32. The number of aliphatic hydroxyl groups is 1. The third-order valence-corrected chi connectivity index (χ3v) is 3.23. The van der Waals surface area contributed by atoms with Gasteiger partial charge < -0.3 is 9.84 Å². The quantitative estimate of drug-likeness (QED) is 0.691. The van der Waals surface area contributed by atoms with Gasteiger partial charge in [-0.05, 0) is 32.1 Å². The molecule has 2 nitrogen and oxygen atoms in total. The molecule has 0 radical (unpaired) electrons. The first-order valence-corrected chi connectivity index (χ1v) is 5.97. The monoisotopic (exact) mass is 200 g/mol. The van der Waals surface area contributed by atoms with Gasteiger partial charge in [-0.25, -0.2) is 0 Å². The Balaban J connectivity index is 2.29. The van der Waals surface area contributed by atoms with E-state index in [2.05, 4.69) is 6.92 Å². The maximum Gasteiger partial charge on any atom is 0.0880 e.